The number of hydrogen-bond acceptors (Lipinski definition) is 2. The van der Waals surface area contributed by atoms with Crippen LogP contribution < -0.4 is 0 Å². The lowest BCUT2D eigenvalue weighted by atomic mass is 9.45. The summed E-state index contributed by atoms with van der Waals surface area (Å²) in [7, 11) is 0. The van der Waals surface area contributed by atoms with Crippen LogP contribution in [0.25, 0.3) is 0 Å². The molecule has 0 amide bonds. The van der Waals surface area contributed by atoms with E-state index in [1.807, 2.05) is 6.92 Å². The van der Waals surface area contributed by atoms with Crippen LogP contribution in [-0.4, -0.2) is 22.2 Å². The summed E-state index contributed by atoms with van der Waals surface area (Å²) in [5.41, 5.74) is -0.475. The molecular weight excluding hydrogens is 268 g/mol. The Kier molecular flexibility index (Phi) is 5.83. The highest BCUT2D eigenvalue weighted by Gasteiger charge is 2.58. The molecule has 0 radical (unpaired) electrons. The lowest BCUT2D eigenvalue weighted by Crippen LogP contribution is -2.54. The maximum atomic E-state index is 11.9. The molecule has 1 saturated carbocycles. The second-order valence-corrected chi connectivity index (χ2v) is 6.87. The van der Waals surface area contributed by atoms with Gasteiger partial charge in [0.25, 0.3) is 0 Å². The highest BCUT2D eigenvalue weighted by Crippen LogP contribution is 2.62. The van der Waals surface area contributed by atoms with Crippen LogP contribution in [0.5, 0.6) is 0 Å². The third kappa shape index (κ3) is 2.95. The third-order valence-corrected chi connectivity index (χ3v) is 6.20. The molecule has 3 atom stereocenters. The first kappa shape index (κ1) is 18.0. The van der Waals surface area contributed by atoms with Crippen LogP contribution in [-0.2, 0) is 9.59 Å². The zero-order valence-electron chi connectivity index (χ0n) is 13.8. The fraction of sp³-hybridized carbons (Fsp3) is 0.882. The molecule has 1 fully saturated rings. The van der Waals surface area contributed by atoms with Gasteiger partial charge in [-0.05, 0) is 42.4 Å². The molecule has 0 aromatic rings. The van der Waals surface area contributed by atoms with Gasteiger partial charge in [-0.2, -0.15) is 0 Å². The van der Waals surface area contributed by atoms with E-state index in [0.717, 1.165) is 38.5 Å². The van der Waals surface area contributed by atoms with Crippen LogP contribution in [0.4, 0.5) is 0 Å². The van der Waals surface area contributed by atoms with Crippen LogP contribution in [0, 0.1) is 22.7 Å². The van der Waals surface area contributed by atoms with Gasteiger partial charge in [0.2, 0.25) is 0 Å². The minimum atomic E-state index is -1.01. The molecule has 0 aromatic carbocycles. The summed E-state index contributed by atoms with van der Waals surface area (Å²) in [6.07, 6.45) is 5.36. The van der Waals surface area contributed by atoms with E-state index in [-0.39, 0.29) is 11.8 Å². The lowest BCUT2D eigenvalue weighted by Gasteiger charge is -2.58. The average Bonchev–Trinajstić information content (AvgIpc) is 2.43. The monoisotopic (exact) mass is 298 g/mol. The Bertz CT molecular complexity index is 390. The molecule has 0 spiro atoms. The first-order valence-corrected chi connectivity index (χ1v) is 8.22. The second kappa shape index (κ2) is 6.80. The Morgan fingerprint density at radius 3 is 1.81 bits per heavy atom. The van der Waals surface area contributed by atoms with E-state index >= 15 is 0 Å². The van der Waals surface area contributed by atoms with E-state index < -0.39 is 23.3 Å². The van der Waals surface area contributed by atoms with E-state index in [0.29, 0.717) is 5.92 Å². The van der Waals surface area contributed by atoms with Crippen molar-refractivity contribution in [3.63, 3.8) is 0 Å². The quantitative estimate of drug-likeness (QED) is 0.739. The number of hydrogen-bond donors (Lipinski definition) is 2. The maximum absolute atomic E-state index is 11.9. The van der Waals surface area contributed by atoms with E-state index in [1.54, 1.807) is 0 Å². The van der Waals surface area contributed by atoms with Crippen molar-refractivity contribution in [1.29, 1.82) is 0 Å². The van der Waals surface area contributed by atoms with Gasteiger partial charge in [-0.1, -0.05) is 40.5 Å². The summed E-state index contributed by atoms with van der Waals surface area (Å²) in [5, 5.41) is 18.9. The van der Waals surface area contributed by atoms with Crippen molar-refractivity contribution in [2.45, 2.75) is 72.6 Å². The normalized spacial score (nSPS) is 31.1. The van der Waals surface area contributed by atoms with Crippen LogP contribution in [0.3, 0.4) is 0 Å². The molecule has 122 valence electrons. The zero-order valence-corrected chi connectivity index (χ0v) is 13.8. The fourth-order valence-corrected chi connectivity index (χ4v) is 5.17. The molecule has 4 heteroatoms. The lowest BCUT2D eigenvalue weighted by molar-refractivity contribution is -0.169. The van der Waals surface area contributed by atoms with E-state index in [9.17, 15) is 19.8 Å². The maximum Gasteiger partial charge on any atom is 0.307 e. The van der Waals surface area contributed by atoms with Crippen molar-refractivity contribution in [3.8, 4) is 0 Å². The van der Waals surface area contributed by atoms with Crippen LogP contribution >= 0.6 is 0 Å². The summed E-state index contributed by atoms with van der Waals surface area (Å²) in [5.74, 6) is -2.38. The van der Waals surface area contributed by atoms with Gasteiger partial charge in [-0.3, -0.25) is 9.59 Å². The Labute approximate surface area is 127 Å². The number of rotatable bonds is 7. The number of carboxylic acids is 2. The van der Waals surface area contributed by atoms with Crippen LogP contribution in [0.2, 0.25) is 0 Å². The molecule has 4 nitrogen and oxygen atoms in total. The molecular formula is C17H30O4. The molecule has 21 heavy (non-hydrogen) atoms. The topological polar surface area (TPSA) is 74.6 Å². The highest BCUT2D eigenvalue weighted by molar-refractivity contribution is 5.78. The van der Waals surface area contributed by atoms with Crippen molar-refractivity contribution < 1.29 is 19.8 Å². The molecule has 3 unspecified atom stereocenters. The van der Waals surface area contributed by atoms with Crippen molar-refractivity contribution >= 4 is 11.9 Å². The molecule has 0 aliphatic heterocycles. The van der Waals surface area contributed by atoms with Gasteiger partial charge >= 0.3 is 11.9 Å². The molecule has 1 rings (SSSR count). The Hall–Kier alpha value is -1.06. The predicted molar refractivity (Wildman–Crippen MR) is 82.1 cm³/mol. The van der Waals surface area contributed by atoms with Crippen molar-refractivity contribution in [2.75, 3.05) is 0 Å². The van der Waals surface area contributed by atoms with Gasteiger partial charge in [-0.15, -0.1) is 0 Å². The second-order valence-electron chi connectivity index (χ2n) is 6.87. The molecule has 1 aliphatic rings. The molecule has 0 aromatic heterocycles. The first-order chi connectivity index (χ1) is 9.77. The van der Waals surface area contributed by atoms with Crippen LogP contribution in [0.1, 0.15) is 72.6 Å². The zero-order chi connectivity index (χ0) is 16.3. The minimum Gasteiger partial charge on any atom is -0.481 e. The Morgan fingerprint density at radius 1 is 1.00 bits per heavy atom. The SMILES string of the molecule is CCC1(C(C)C)CCCCC1(CC)C(CC(=O)O)C(=O)O. The van der Waals surface area contributed by atoms with E-state index in [1.165, 1.54) is 0 Å². The predicted octanol–water partition coefficient (Wildman–Crippen LogP) is 4.18. The van der Waals surface area contributed by atoms with Gasteiger partial charge in [0.05, 0.1) is 12.3 Å². The summed E-state index contributed by atoms with van der Waals surface area (Å²) >= 11 is 0. The van der Waals surface area contributed by atoms with Crippen LogP contribution in [0.15, 0.2) is 0 Å². The summed E-state index contributed by atoms with van der Waals surface area (Å²) < 4.78 is 0. The van der Waals surface area contributed by atoms with Crippen molar-refractivity contribution in [3.05, 3.63) is 0 Å². The summed E-state index contributed by atoms with van der Waals surface area (Å²) in [6, 6.07) is 0. The van der Waals surface area contributed by atoms with Crippen molar-refractivity contribution in [2.24, 2.45) is 22.7 Å². The van der Waals surface area contributed by atoms with E-state index in [4.69, 9.17) is 0 Å². The van der Waals surface area contributed by atoms with Gasteiger partial charge in [0.1, 0.15) is 0 Å². The van der Waals surface area contributed by atoms with Gasteiger partial charge in [0, 0.05) is 0 Å². The Balaban J connectivity index is 3.41. The average molecular weight is 298 g/mol. The minimum absolute atomic E-state index is 0.0709. The smallest absolute Gasteiger partial charge is 0.307 e. The molecule has 0 saturated heterocycles. The molecule has 0 bridgehead atoms. The molecule has 1 aliphatic carbocycles. The molecule has 0 heterocycles. The van der Waals surface area contributed by atoms with E-state index in [2.05, 4.69) is 20.8 Å². The largest absolute Gasteiger partial charge is 0.481 e. The number of carboxylic acid groups (broad SMARTS) is 2. The summed E-state index contributed by atoms with van der Waals surface area (Å²) in [4.78, 5) is 23.1. The van der Waals surface area contributed by atoms with Gasteiger partial charge in [0.15, 0.2) is 0 Å². The van der Waals surface area contributed by atoms with Crippen molar-refractivity contribution in [1.82, 2.24) is 0 Å². The van der Waals surface area contributed by atoms with Gasteiger partial charge < -0.3 is 10.2 Å². The van der Waals surface area contributed by atoms with Gasteiger partial charge in [-0.25, -0.2) is 0 Å². The molecule has 2 N–H and O–H groups in total. The highest BCUT2D eigenvalue weighted by atomic mass is 16.4. The third-order valence-electron chi connectivity index (χ3n) is 6.20. The number of carbonyl (C=O) groups is 2. The summed E-state index contributed by atoms with van der Waals surface area (Å²) in [6.45, 7) is 8.50. The fourth-order valence-electron chi connectivity index (χ4n) is 5.17. The Morgan fingerprint density at radius 2 is 1.48 bits per heavy atom. The first-order valence-electron chi connectivity index (χ1n) is 8.22. The number of aliphatic carboxylic acids is 2. The standard InChI is InChI=1S/C17H30O4/c1-5-16(12(3)4)9-7-8-10-17(16,6-2)13(15(20)21)11-14(18)19/h12-13H,5-11H2,1-4H3,(H,18,19)(H,20,21).